The van der Waals surface area contributed by atoms with E-state index < -0.39 is 0 Å². The van der Waals surface area contributed by atoms with Crippen LogP contribution in [0.2, 0.25) is 0 Å². The number of para-hydroxylation sites is 2. The van der Waals surface area contributed by atoms with E-state index in [1.807, 2.05) is 42.5 Å². The number of benzene rings is 2. The van der Waals surface area contributed by atoms with E-state index in [0.717, 1.165) is 19.7 Å². The fourth-order valence-corrected chi connectivity index (χ4v) is 3.64. The Morgan fingerprint density at radius 2 is 1.35 bits per heavy atom. The average molecular weight is 318 g/mol. The van der Waals surface area contributed by atoms with E-state index in [0.29, 0.717) is 0 Å². The molecule has 4 aromatic rings. The van der Waals surface area contributed by atoms with E-state index in [9.17, 15) is 4.79 Å². The van der Waals surface area contributed by atoms with Gasteiger partial charge in [-0.1, -0.05) is 35.6 Å². The molecular formula is C14H10N2OS3. The molecule has 0 radical (unpaired) electrons. The van der Waals surface area contributed by atoms with Gasteiger partial charge in [-0.05, 0) is 36.5 Å². The summed E-state index contributed by atoms with van der Waals surface area (Å²) in [7, 11) is 0. The predicted molar refractivity (Wildman–Crippen MR) is 89.5 cm³/mol. The van der Waals surface area contributed by atoms with Crippen LogP contribution in [0, 0.1) is 3.95 Å². The quantitative estimate of drug-likeness (QED) is 0.467. The summed E-state index contributed by atoms with van der Waals surface area (Å²) in [6.45, 7) is 0. The van der Waals surface area contributed by atoms with Crippen LogP contribution in [0.5, 0.6) is 0 Å². The van der Waals surface area contributed by atoms with Crippen LogP contribution in [0.4, 0.5) is 0 Å². The lowest BCUT2D eigenvalue weighted by Crippen LogP contribution is -1.89. The van der Waals surface area contributed by atoms with Gasteiger partial charge >= 0.3 is 4.87 Å². The van der Waals surface area contributed by atoms with Gasteiger partial charge in [0.1, 0.15) is 0 Å². The molecule has 100 valence electrons. The summed E-state index contributed by atoms with van der Waals surface area (Å²) in [5.41, 5.74) is 2.06. The van der Waals surface area contributed by atoms with Crippen molar-refractivity contribution in [2.75, 3.05) is 0 Å². The van der Waals surface area contributed by atoms with E-state index in [1.54, 1.807) is 11.3 Å². The minimum Gasteiger partial charge on any atom is -0.337 e. The largest absolute Gasteiger partial charge is 0.337 e. The first-order chi connectivity index (χ1) is 9.72. The van der Waals surface area contributed by atoms with E-state index in [4.69, 9.17) is 12.2 Å². The van der Waals surface area contributed by atoms with Gasteiger partial charge in [-0.3, -0.25) is 4.79 Å². The number of thiazole rings is 2. The second-order valence-electron chi connectivity index (χ2n) is 4.02. The van der Waals surface area contributed by atoms with E-state index in [2.05, 4.69) is 16.0 Å². The molecule has 4 rings (SSSR count). The fraction of sp³-hybridized carbons (Fsp3) is 0. The van der Waals surface area contributed by atoms with Crippen molar-refractivity contribution >= 4 is 55.3 Å². The topological polar surface area (TPSA) is 48.6 Å². The number of nitrogens with one attached hydrogen (secondary N) is 2. The maximum Gasteiger partial charge on any atom is 0.305 e. The van der Waals surface area contributed by atoms with Gasteiger partial charge in [0.05, 0.1) is 20.4 Å². The minimum atomic E-state index is 0.0150. The Kier molecular flexibility index (Phi) is 3.77. The lowest BCUT2D eigenvalue weighted by molar-refractivity contribution is 1.41. The summed E-state index contributed by atoms with van der Waals surface area (Å²) < 4.78 is 3.10. The third-order valence-electron chi connectivity index (χ3n) is 2.65. The fourth-order valence-electron chi connectivity index (χ4n) is 1.79. The third-order valence-corrected chi connectivity index (χ3v) is 4.73. The van der Waals surface area contributed by atoms with Gasteiger partial charge in [0.15, 0.2) is 3.95 Å². The van der Waals surface area contributed by atoms with Crippen LogP contribution in [0.1, 0.15) is 0 Å². The first kappa shape index (κ1) is 13.2. The maximum atomic E-state index is 10.8. The molecule has 3 nitrogen and oxygen atoms in total. The van der Waals surface area contributed by atoms with Crippen molar-refractivity contribution in [2.45, 2.75) is 0 Å². The molecule has 0 aliphatic rings. The number of fused-ring (bicyclic) bond motifs is 2. The Balaban J connectivity index is 0.000000121. The van der Waals surface area contributed by atoms with Crippen LogP contribution in [-0.2, 0) is 0 Å². The molecule has 6 heteroatoms. The van der Waals surface area contributed by atoms with Crippen molar-refractivity contribution in [3.8, 4) is 0 Å². The lowest BCUT2D eigenvalue weighted by Gasteiger charge is -1.81. The highest BCUT2D eigenvalue weighted by molar-refractivity contribution is 7.73. The van der Waals surface area contributed by atoms with Crippen molar-refractivity contribution in [1.82, 2.24) is 9.97 Å². The molecular weight excluding hydrogens is 308 g/mol. The Morgan fingerprint density at radius 1 is 0.800 bits per heavy atom. The zero-order valence-corrected chi connectivity index (χ0v) is 12.7. The maximum absolute atomic E-state index is 10.8. The third kappa shape index (κ3) is 2.87. The molecule has 0 aliphatic heterocycles. The van der Waals surface area contributed by atoms with Crippen LogP contribution >= 0.6 is 34.9 Å². The molecule has 2 aromatic carbocycles. The Labute approximate surface area is 127 Å². The van der Waals surface area contributed by atoms with Crippen LogP contribution in [0.3, 0.4) is 0 Å². The number of aromatic amines is 2. The summed E-state index contributed by atoms with van der Waals surface area (Å²) in [4.78, 5) is 16.6. The van der Waals surface area contributed by atoms with Crippen molar-refractivity contribution < 1.29 is 0 Å². The molecule has 0 saturated heterocycles. The Bertz CT molecular complexity index is 809. The van der Waals surface area contributed by atoms with E-state index in [1.165, 1.54) is 16.0 Å². The van der Waals surface area contributed by atoms with Gasteiger partial charge in [0.25, 0.3) is 0 Å². The van der Waals surface area contributed by atoms with Crippen LogP contribution in [0.25, 0.3) is 20.4 Å². The zero-order chi connectivity index (χ0) is 13.9. The lowest BCUT2D eigenvalue weighted by atomic mass is 10.3. The molecule has 2 N–H and O–H groups in total. The molecule has 0 saturated carbocycles. The second kappa shape index (κ2) is 5.70. The highest BCUT2D eigenvalue weighted by atomic mass is 32.1. The monoisotopic (exact) mass is 318 g/mol. The molecule has 2 aromatic heterocycles. The highest BCUT2D eigenvalue weighted by Crippen LogP contribution is 2.17. The average Bonchev–Trinajstić information content (AvgIpc) is 2.99. The summed E-state index contributed by atoms with van der Waals surface area (Å²) in [6.07, 6.45) is 0. The number of rotatable bonds is 0. The molecule has 0 fully saturated rings. The van der Waals surface area contributed by atoms with Crippen LogP contribution in [-0.4, -0.2) is 9.97 Å². The highest BCUT2D eigenvalue weighted by Gasteiger charge is 1.94. The van der Waals surface area contributed by atoms with Crippen LogP contribution < -0.4 is 4.87 Å². The van der Waals surface area contributed by atoms with Crippen molar-refractivity contribution in [2.24, 2.45) is 0 Å². The predicted octanol–water partition coefficient (Wildman–Crippen LogP) is 4.55. The molecule has 0 unspecified atom stereocenters. The van der Waals surface area contributed by atoms with Crippen molar-refractivity contribution in [3.63, 3.8) is 0 Å². The Hall–Kier alpha value is -1.76. The number of H-pyrrole nitrogens is 2. The van der Waals surface area contributed by atoms with Gasteiger partial charge in [-0.25, -0.2) is 0 Å². The standard InChI is InChI=1S/C7H5NOS.C7H5NS2/c2*9-7-8-5-3-1-2-4-6(5)10-7/h2*1-4H,(H,8,9). The van der Waals surface area contributed by atoms with Crippen LogP contribution in [0.15, 0.2) is 53.3 Å². The number of hydrogen-bond acceptors (Lipinski definition) is 4. The van der Waals surface area contributed by atoms with Gasteiger partial charge in [0, 0.05) is 0 Å². The van der Waals surface area contributed by atoms with Crippen molar-refractivity contribution in [1.29, 1.82) is 0 Å². The van der Waals surface area contributed by atoms with Gasteiger partial charge in [-0.2, -0.15) is 0 Å². The number of hydrogen-bond donors (Lipinski definition) is 2. The first-order valence-electron chi connectivity index (χ1n) is 5.88. The zero-order valence-electron chi connectivity index (χ0n) is 10.3. The second-order valence-corrected chi connectivity index (χ2v) is 6.75. The number of aromatic nitrogens is 2. The molecule has 0 atom stereocenters. The minimum absolute atomic E-state index is 0.0150. The molecule has 20 heavy (non-hydrogen) atoms. The molecule has 0 aliphatic carbocycles. The smallest absolute Gasteiger partial charge is 0.305 e. The van der Waals surface area contributed by atoms with Gasteiger partial charge < -0.3 is 9.97 Å². The van der Waals surface area contributed by atoms with Gasteiger partial charge in [0.2, 0.25) is 0 Å². The Morgan fingerprint density at radius 3 is 1.95 bits per heavy atom. The first-order valence-corrected chi connectivity index (χ1v) is 7.92. The van der Waals surface area contributed by atoms with E-state index >= 15 is 0 Å². The molecule has 2 heterocycles. The summed E-state index contributed by atoms with van der Waals surface area (Å²) in [5.74, 6) is 0. The molecule has 0 amide bonds. The molecule has 0 spiro atoms. The normalized spacial score (nSPS) is 10.4. The summed E-state index contributed by atoms with van der Waals surface area (Å²) in [6, 6.07) is 15.8. The SMILES string of the molecule is O=c1[nH]c2ccccc2s1.S=c1[nH]c2ccccc2s1. The molecule has 0 bridgehead atoms. The van der Waals surface area contributed by atoms with Gasteiger partial charge in [-0.15, -0.1) is 11.3 Å². The summed E-state index contributed by atoms with van der Waals surface area (Å²) >= 11 is 7.83. The van der Waals surface area contributed by atoms with Crippen molar-refractivity contribution in [3.05, 3.63) is 62.2 Å². The summed E-state index contributed by atoms with van der Waals surface area (Å²) in [5, 5.41) is 0. The van der Waals surface area contributed by atoms with E-state index in [-0.39, 0.29) is 4.87 Å².